The fraction of sp³-hybridized carbons (Fsp3) is 0.524. The molecule has 2 fully saturated rings. The molecule has 2 aromatic heterocycles. The number of hydrogen-bond acceptors (Lipinski definition) is 6. The zero-order valence-corrected chi connectivity index (χ0v) is 17.4. The predicted octanol–water partition coefficient (Wildman–Crippen LogP) is 2.54. The molecule has 0 N–H and O–H groups in total. The van der Waals surface area contributed by atoms with Crippen molar-refractivity contribution in [2.45, 2.75) is 32.7 Å². The Hall–Kier alpha value is -2.84. The third kappa shape index (κ3) is 4.06. The Morgan fingerprint density at radius 3 is 2.67 bits per heavy atom. The van der Waals surface area contributed by atoms with Crippen LogP contribution in [-0.2, 0) is 0 Å². The van der Waals surface area contributed by atoms with Crippen molar-refractivity contribution in [3.8, 4) is 0 Å². The Morgan fingerprint density at radius 2 is 1.97 bits per heavy atom. The first-order valence-corrected chi connectivity index (χ1v) is 10.1. The Balaban J connectivity index is 1.54. The molecule has 2 aliphatic heterocycles. The molecule has 2 saturated heterocycles. The van der Waals surface area contributed by atoms with Crippen LogP contribution in [0.2, 0.25) is 0 Å². The lowest BCUT2D eigenvalue weighted by Gasteiger charge is -2.33. The molecule has 9 heteroatoms. The van der Waals surface area contributed by atoms with Crippen molar-refractivity contribution in [2.75, 3.05) is 43.0 Å². The van der Waals surface area contributed by atoms with Gasteiger partial charge < -0.3 is 14.7 Å². The predicted molar refractivity (Wildman–Crippen MR) is 110 cm³/mol. The van der Waals surface area contributed by atoms with Crippen LogP contribution >= 0.6 is 0 Å². The first-order chi connectivity index (χ1) is 14.3. The molecule has 2 bridgehead atoms. The first-order valence-electron chi connectivity index (χ1n) is 10.1. The summed E-state index contributed by atoms with van der Waals surface area (Å²) in [4.78, 5) is 32.0. The van der Waals surface area contributed by atoms with E-state index >= 15 is 0 Å². The molecule has 2 atom stereocenters. The van der Waals surface area contributed by atoms with Crippen molar-refractivity contribution in [3.63, 3.8) is 0 Å². The van der Waals surface area contributed by atoms with Gasteiger partial charge >= 0.3 is 0 Å². The van der Waals surface area contributed by atoms with E-state index in [2.05, 4.69) is 19.9 Å². The van der Waals surface area contributed by atoms with Gasteiger partial charge in [-0.1, -0.05) is 0 Å². The Labute approximate surface area is 174 Å². The molecule has 0 spiro atoms. The Morgan fingerprint density at radius 1 is 1.23 bits per heavy atom. The molecule has 4 heterocycles. The third-order valence-electron chi connectivity index (χ3n) is 5.72. The lowest BCUT2D eigenvalue weighted by atomic mass is 9.99. The minimum absolute atomic E-state index is 0.146. The molecule has 2 unspecified atom stereocenters. The molecule has 7 nitrogen and oxygen atoms in total. The minimum atomic E-state index is -2.50. The Bertz CT molecular complexity index is 919. The van der Waals surface area contributed by atoms with Crippen LogP contribution in [0.4, 0.5) is 20.5 Å². The molecular weight excluding hydrogens is 390 g/mol. The van der Waals surface area contributed by atoms with Crippen LogP contribution < -0.4 is 9.80 Å². The van der Waals surface area contributed by atoms with E-state index in [9.17, 15) is 13.6 Å². The van der Waals surface area contributed by atoms with Gasteiger partial charge in [0.05, 0.1) is 12.1 Å². The van der Waals surface area contributed by atoms with Crippen molar-refractivity contribution < 1.29 is 13.6 Å². The summed E-state index contributed by atoms with van der Waals surface area (Å²) < 4.78 is 25.7. The zero-order valence-electron chi connectivity index (χ0n) is 17.4. The number of aromatic nitrogens is 3. The number of pyridine rings is 1. The number of nitrogens with zero attached hydrogens (tertiary/aromatic N) is 6. The summed E-state index contributed by atoms with van der Waals surface area (Å²) in [5.74, 6) is 1.16. The van der Waals surface area contributed by atoms with Crippen LogP contribution in [0.5, 0.6) is 0 Å². The molecule has 30 heavy (non-hydrogen) atoms. The second kappa shape index (κ2) is 8.12. The third-order valence-corrected chi connectivity index (χ3v) is 5.72. The number of likely N-dealkylation sites (tertiary alicyclic amines) is 1. The largest absolute Gasteiger partial charge is 0.353 e. The number of rotatable bonds is 5. The van der Waals surface area contributed by atoms with Crippen LogP contribution in [0.3, 0.4) is 0 Å². The van der Waals surface area contributed by atoms with Crippen LogP contribution in [-0.4, -0.2) is 71.5 Å². The van der Waals surface area contributed by atoms with Gasteiger partial charge in [-0.3, -0.25) is 4.79 Å². The molecule has 2 aromatic rings. The topological polar surface area (TPSA) is 65.5 Å². The molecule has 2 aliphatic rings. The molecule has 0 radical (unpaired) electrons. The van der Waals surface area contributed by atoms with Gasteiger partial charge in [0.2, 0.25) is 5.95 Å². The van der Waals surface area contributed by atoms with Gasteiger partial charge in [0.15, 0.2) is 0 Å². The van der Waals surface area contributed by atoms with E-state index in [-0.39, 0.29) is 17.8 Å². The van der Waals surface area contributed by atoms with Crippen LogP contribution in [0, 0.1) is 19.8 Å². The summed E-state index contributed by atoms with van der Waals surface area (Å²) in [6, 6.07) is 5.42. The van der Waals surface area contributed by atoms with Crippen molar-refractivity contribution in [2.24, 2.45) is 5.92 Å². The second-order valence-corrected chi connectivity index (χ2v) is 8.21. The van der Waals surface area contributed by atoms with Crippen LogP contribution in [0.1, 0.15) is 28.2 Å². The molecule has 4 rings (SSSR count). The first kappa shape index (κ1) is 20.4. The standard InChI is InChI=1S/C21H26F2N6O/c1-13-7-14(2)26-21(25-13)29-10-15-8-16(29)11-28(9-15)20(30)17-5-4-6-24-19(17)27(3)12-18(22)23/h4-7,15-16,18H,8-12H2,1-3H3. The summed E-state index contributed by atoms with van der Waals surface area (Å²) >= 11 is 0. The average Bonchev–Trinajstić information content (AvgIpc) is 2.99. The van der Waals surface area contributed by atoms with E-state index in [4.69, 9.17) is 0 Å². The number of carbonyl (C=O) groups is 1. The van der Waals surface area contributed by atoms with E-state index in [1.807, 2.05) is 24.8 Å². The summed E-state index contributed by atoms with van der Waals surface area (Å²) in [5, 5.41) is 0. The van der Waals surface area contributed by atoms with E-state index < -0.39 is 13.0 Å². The van der Waals surface area contributed by atoms with Gasteiger partial charge in [0, 0.05) is 50.3 Å². The van der Waals surface area contributed by atoms with E-state index in [0.717, 1.165) is 24.4 Å². The number of piperidine rings is 1. The van der Waals surface area contributed by atoms with Gasteiger partial charge in [0.1, 0.15) is 5.82 Å². The van der Waals surface area contributed by atoms with E-state index in [0.29, 0.717) is 30.5 Å². The van der Waals surface area contributed by atoms with Crippen molar-refractivity contribution in [1.82, 2.24) is 19.9 Å². The van der Waals surface area contributed by atoms with E-state index in [1.165, 1.54) is 18.1 Å². The molecule has 160 valence electrons. The number of hydrogen-bond donors (Lipinski definition) is 0. The molecule has 1 amide bonds. The molecular formula is C21H26F2N6O. The highest BCUT2D eigenvalue weighted by Crippen LogP contribution is 2.33. The highest BCUT2D eigenvalue weighted by atomic mass is 19.3. The summed E-state index contributed by atoms with van der Waals surface area (Å²) in [6.07, 6.45) is 0.00968. The Kier molecular flexibility index (Phi) is 5.53. The van der Waals surface area contributed by atoms with Crippen LogP contribution in [0.25, 0.3) is 0 Å². The smallest absolute Gasteiger partial charge is 0.257 e. The van der Waals surface area contributed by atoms with Gasteiger partial charge in [-0.15, -0.1) is 0 Å². The number of aryl methyl sites for hydroxylation is 2. The molecule has 0 saturated carbocycles. The average molecular weight is 416 g/mol. The van der Waals surface area contributed by atoms with Crippen molar-refractivity contribution >= 4 is 17.7 Å². The number of anilines is 2. The lowest BCUT2D eigenvalue weighted by Crippen LogP contribution is -2.46. The fourth-order valence-electron chi connectivity index (χ4n) is 4.54. The lowest BCUT2D eigenvalue weighted by molar-refractivity contribution is 0.0694. The monoisotopic (exact) mass is 416 g/mol. The van der Waals surface area contributed by atoms with Crippen molar-refractivity contribution in [3.05, 3.63) is 41.3 Å². The summed E-state index contributed by atoms with van der Waals surface area (Å²) in [6.45, 7) is 5.43. The van der Waals surface area contributed by atoms with Crippen molar-refractivity contribution in [1.29, 1.82) is 0 Å². The number of carbonyl (C=O) groups excluding carboxylic acids is 1. The number of fused-ring (bicyclic) bond motifs is 2. The van der Waals surface area contributed by atoms with Gasteiger partial charge in [-0.05, 0) is 44.4 Å². The highest BCUT2D eigenvalue weighted by Gasteiger charge is 2.41. The number of halogens is 2. The number of alkyl halides is 2. The zero-order chi connectivity index (χ0) is 21.4. The fourth-order valence-corrected chi connectivity index (χ4v) is 4.54. The maximum Gasteiger partial charge on any atom is 0.257 e. The highest BCUT2D eigenvalue weighted by molar-refractivity contribution is 5.99. The normalized spacial score (nSPS) is 20.7. The maximum absolute atomic E-state index is 13.3. The minimum Gasteiger partial charge on any atom is -0.353 e. The second-order valence-electron chi connectivity index (χ2n) is 8.21. The van der Waals surface area contributed by atoms with Crippen LogP contribution in [0.15, 0.2) is 24.4 Å². The molecule has 0 aliphatic carbocycles. The SMILES string of the molecule is Cc1cc(C)nc(N2CC3CC2CN(C(=O)c2cccnc2N(C)CC(F)F)C3)n1. The molecule has 0 aromatic carbocycles. The van der Waals surface area contributed by atoms with Gasteiger partial charge in [-0.2, -0.15) is 0 Å². The summed E-state index contributed by atoms with van der Waals surface area (Å²) in [7, 11) is 1.53. The summed E-state index contributed by atoms with van der Waals surface area (Å²) in [5.41, 5.74) is 2.21. The van der Waals surface area contributed by atoms with Gasteiger partial charge in [0.25, 0.3) is 12.3 Å². The van der Waals surface area contributed by atoms with Gasteiger partial charge in [-0.25, -0.2) is 23.7 Å². The quantitative estimate of drug-likeness (QED) is 0.746. The number of amides is 1. The van der Waals surface area contributed by atoms with E-state index in [1.54, 1.807) is 12.1 Å². The maximum atomic E-state index is 13.3.